The first-order valence-electron chi connectivity index (χ1n) is 4.76. The van der Waals surface area contributed by atoms with Crippen LogP contribution in [0, 0.1) is 0 Å². The third-order valence-corrected chi connectivity index (χ3v) is 1.48. The van der Waals surface area contributed by atoms with E-state index >= 15 is 0 Å². The molecule has 0 aliphatic heterocycles. The first-order chi connectivity index (χ1) is 6.37. The van der Waals surface area contributed by atoms with Crippen molar-refractivity contribution in [1.82, 2.24) is 9.78 Å². The fourth-order valence-corrected chi connectivity index (χ4v) is 1.12. The highest BCUT2D eigenvalue weighted by molar-refractivity contribution is 5.12. The van der Waals surface area contributed by atoms with Gasteiger partial charge >= 0.3 is 0 Å². The van der Waals surface area contributed by atoms with E-state index in [0.29, 0.717) is 6.54 Å². The van der Waals surface area contributed by atoms with Crippen LogP contribution in [0.25, 0.3) is 0 Å². The summed E-state index contributed by atoms with van der Waals surface area (Å²) in [6.07, 6.45) is 3.06. The highest BCUT2D eigenvalue weighted by Gasteiger charge is 2.13. The number of aliphatic hydroxyl groups excluding tert-OH is 1. The zero-order valence-corrected chi connectivity index (χ0v) is 9.19. The topological polar surface area (TPSA) is 47.3 Å². The second-order valence-corrected chi connectivity index (χ2v) is 4.46. The van der Waals surface area contributed by atoms with Gasteiger partial charge in [-0.2, -0.15) is 5.10 Å². The minimum absolute atomic E-state index is 0.210. The maximum absolute atomic E-state index is 9.15. The maximum atomic E-state index is 9.15. The monoisotopic (exact) mass is 198 g/mol. The maximum Gasteiger partial charge on any atom is 0.157 e. The molecule has 1 aromatic rings. The summed E-state index contributed by atoms with van der Waals surface area (Å²) >= 11 is 0. The molecule has 1 atom stereocenters. The van der Waals surface area contributed by atoms with Gasteiger partial charge in [-0.3, -0.25) is 4.68 Å². The molecule has 14 heavy (non-hydrogen) atoms. The van der Waals surface area contributed by atoms with E-state index in [1.807, 2.05) is 20.8 Å². The summed E-state index contributed by atoms with van der Waals surface area (Å²) in [4.78, 5) is 0. The quantitative estimate of drug-likeness (QED) is 0.799. The van der Waals surface area contributed by atoms with Gasteiger partial charge in [-0.05, 0) is 27.7 Å². The number of nitrogens with zero attached hydrogens (tertiary/aromatic N) is 2. The molecule has 1 heterocycles. The molecule has 0 saturated heterocycles. The Morgan fingerprint density at radius 1 is 1.57 bits per heavy atom. The van der Waals surface area contributed by atoms with E-state index in [0.717, 1.165) is 5.75 Å². The van der Waals surface area contributed by atoms with Crippen molar-refractivity contribution in [2.24, 2.45) is 0 Å². The van der Waals surface area contributed by atoms with E-state index < -0.39 is 6.10 Å². The average molecular weight is 198 g/mol. The van der Waals surface area contributed by atoms with Crippen molar-refractivity contribution in [2.45, 2.75) is 45.9 Å². The molecule has 0 bridgehead atoms. The Hall–Kier alpha value is -1.03. The van der Waals surface area contributed by atoms with Crippen LogP contribution in [0.1, 0.15) is 27.7 Å². The lowest BCUT2D eigenvalue weighted by atomic mass is 10.2. The third-order valence-electron chi connectivity index (χ3n) is 1.48. The molecule has 0 aromatic carbocycles. The predicted molar refractivity (Wildman–Crippen MR) is 54.3 cm³/mol. The Morgan fingerprint density at radius 3 is 2.71 bits per heavy atom. The number of aliphatic hydroxyl groups is 1. The highest BCUT2D eigenvalue weighted by Crippen LogP contribution is 2.16. The van der Waals surface area contributed by atoms with Crippen molar-refractivity contribution in [3.8, 4) is 5.75 Å². The van der Waals surface area contributed by atoms with Crippen LogP contribution in [0.5, 0.6) is 5.75 Å². The van der Waals surface area contributed by atoms with Gasteiger partial charge in [-0.15, -0.1) is 0 Å². The second kappa shape index (κ2) is 4.00. The lowest BCUT2D eigenvalue weighted by Gasteiger charge is -2.19. The molecule has 0 aliphatic carbocycles. The number of aromatic nitrogens is 2. The van der Waals surface area contributed by atoms with Crippen molar-refractivity contribution < 1.29 is 9.84 Å². The van der Waals surface area contributed by atoms with Crippen molar-refractivity contribution in [3.63, 3.8) is 0 Å². The number of ether oxygens (including phenoxy) is 1. The zero-order chi connectivity index (χ0) is 10.8. The summed E-state index contributed by atoms with van der Waals surface area (Å²) in [7, 11) is 0. The minimum atomic E-state index is -0.391. The van der Waals surface area contributed by atoms with Crippen LogP contribution < -0.4 is 4.74 Å². The van der Waals surface area contributed by atoms with E-state index in [4.69, 9.17) is 9.84 Å². The molecule has 0 fully saturated rings. The number of rotatable bonds is 3. The van der Waals surface area contributed by atoms with E-state index in [1.54, 1.807) is 24.0 Å². The minimum Gasteiger partial charge on any atom is -0.485 e. The fraction of sp³-hybridized carbons (Fsp3) is 0.700. The van der Waals surface area contributed by atoms with E-state index in [-0.39, 0.29) is 5.60 Å². The molecule has 0 radical (unpaired) electrons. The number of hydrogen-bond acceptors (Lipinski definition) is 3. The molecule has 4 nitrogen and oxygen atoms in total. The van der Waals surface area contributed by atoms with Gasteiger partial charge in [0.05, 0.1) is 25.0 Å². The molecule has 80 valence electrons. The lowest BCUT2D eigenvalue weighted by molar-refractivity contribution is 0.130. The van der Waals surface area contributed by atoms with Crippen LogP contribution >= 0.6 is 0 Å². The van der Waals surface area contributed by atoms with Gasteiger partial charge in [0.25, 0.3) is 0 Å². The Kier molecular flexibility index (Phi) is 3.16. The van der Waals surface area contributed by atoms with E-state index in [2.05, 4.69) is 5.10 Å². The first kappa shape index (κ1) is 11.0. The second-order valence-electron chi connectivity index (χ2n) is 4.46. The van der Waals surface area contributed by atoms with E-state index in [9.17, 15) is 0 Å². The molecule has 1 unspecified atom stereocenters. The zero-order valence-electron chi connectivity index (χ0n) is 9.19. The Morgan fingerprint density at radius 2 is 2.21 bits per heavy atom. The molecule has 0 amide bonds. The van der Waals surface area contributed by atoms with Crippen LogP contribution in [0.2, 0.25) is 0 Å². The molecule has 1 N–H and O–H groups in total. The molecular weight excluding hydrogens is 180 g/mol. The molecule has 1 rings (SSSR count). The van der Waals surface area contributed by atoms with Crippen LogP contribution in [-0.2, 0) is 6.54 Å². The van der Waals surface area contributed by atoms with Crippen molar-refractivity contribution in [1.29, 1.82) is 0 Å². The molecule has 0 aliphatic rings. The average Bonchev–Trinajstić information content (AvgIpc) is 2.30. The van der Waals surface area contributed by atoms with Gasteiger partial charge < -0.3 is 9.84 Å². The molecule has 4 heteroatoms. The fourth-order valence-electron chi connectivity index (χ4n) is 1.12. The lowest BCUT2D eigenvalue weighted by Crippen LogP contribution is -2.22. The van der Waals surface area contributed by atoms with Crippen LogP contribution in [-0.4, -0.2) is 26.6 Å². The van der Waals surface area contributed by atoms with Gasteiger partial charge in [-0.1, -0.05) is 0 Å². The van der Waals surface area contributed by atoms with Crippen molar-refractivity contribution in [3.05, 3.63) is 12.4 Å². The first-order valence-corrected chi connectivity index (χ1v) is 4.76. The summed E-state index contributed by atoms with van der Waals surface area (Å²) in [6.45, 7) is 8.18. The van der Waals surface area contributed by atoms with Gasteiger partial charge in [-0.25, -0.2) is 0 Å². The van der Waals surface area contributed by atoms with E-state index in [1.165, 1.54) is 0 Å². The van der Waals surface area contributed by atoms with Crippen molar-refractivity contribution in [2.75, 3.05) is 0 Å². The summed E-state index contributed by atoms with van der Waals surface area (Å²) in [5.74, 6) is 0.734. The standard InChI is InChI=1S/C10H18N2O2/c1-8(13)6-12-7-9(5-11-12)14-10(2,3)4/h5,7-8,13H,6H2,1-4H3. The summed E-state index contributed by atoms with van der Waals surface area (Å²) in [5.41, 5.74) is -0.210. The molecule has 0 spiro atoms. The van der Waals surface area contributed by atoms with Gasteiger partial charge in [0.2, 0.25) is 0 Å². The van der Waals surface area contributed by atoms with Gasteiger partial charge in [0, 0.05) is 0 Å². The van der Waals surface area contributed by atoms with Crippen molar-refractivity contribution >= 4 is 0 Å². The summed E-state index contributed by atoms with van der Waals surface area (Å²) in [6, 6.07) is 0. The SMILES string of the molecule is CC(O)Cn1cc(OC(C)(C)C)cn1. The molecule has 1 aromatic heterocycles. The third kappa shape index (κ3) is 3.79. The Bertz CT molecular complexity index is 287. The predicted octanol–water partition coefficient (Wildman–Crippen LogP) is 1.44. The Labute approximate surface area is 84.5 Å². The van der Waals surface area contributed by atoms with Gasteiger partial charge in [0.1, 0.15) is 5.60 Å². The van der Waals surface area contributed by atoms with Crippen LogP contribution in [0.3, 0.4) is 0 Å². The summed E-state index contributed by atoms with van der Waals surface area (Å²) in [5, 5.41) is 13.2. The largest absolute Gasteiger partial charge is 0.485 e. The summed E-state index contributed by atoms with van der Waals surface area (Å²) < 4.78 is 7.27. The van der Waals surface area contributed by atoms with Crippen LogP contribution in [0.15, 0.2) is 12.4 Å². The molecular formula is C10H18N2O2. The number of hydrogen-bond donors (Lipinski definition) is 1. The van der Waals surface area contributed by atoms with Gasteiger partial charge in [0.15, 0.2) is 5.75 Å². The van der Waals surface area contributed by atoms with Crippen LogP contribution in [0.4, 0.5) is 0 Å². The highest BCUT2D eigenvalue weighted by atomic mass is 16.5. The normalized spacial score (nSPS) is 14.1. The smallest absolute Gasteiger partial charge is 0.157 e. The Balaban J connectivity index is 2.60. The molecule has 0 saturated carbocycles.